The van der Waals surface area contributed by atoms with Gasteiger partial charge >= 0.3 is 0 Å². The molecule has 2 heterocycles. The topological polar surface area (TPSA) is 88.9 Å². The summed E-state index contributed by atoms with van der Waals surface area (Å²) >= 11 is 0. The number of amides is 2. The predicted molar refractivity (Wildman–Crippen MR) is 108 cm³/mol. The summed E-state index contributed by atoms with van der Waals surface area (Å²) < 4.78 is 1.73. The quantitative estimate of drug-likeness (QED) is 0.650. The molecule has 1 saturated carbocycles. The minimum absolute atomic E-state index is 0.119. The summed E-state index contributed by atoms with van der Waals surface area (Å²) in [4.78, 5) is 28.5. The van der Waals surface area contributed by atoms with Gasteiger partial charge in [0.2, 0.25) is 5.91 Å². The zero-order valence-corrected chi connectivity index (χ0v) is 16.2. The maximum absolute atomic E-state index is 12.5. The average molecular weight is 389 g/mol. The van der Waals surface area contributed by atoms with Gasteiger partial charge < -0.3 is 10.6 Å². The minimum atomic E-state index is -0.178. The van der Waals surface area contributed by atoms with Crippen molar-refractivity contribution in [3.05, 3.63) is 77.9 Å². The SMILES string of the molecule is C[C@@H](NC(=O)c1ccc(-n2cc(CNC(=O)C3CC3)cn2)cc1)c1ccccn1. The fourth-order valence-corrected chi connectivity index (χ4v) is 3.02. The Labute approximate surface area is 169 Å². The normalized spacial score (nSPS) is 14.2. The van der Waals surface area contributed by atoms with E-state index in [1.54, 1.807) is 29.2 Å². The molecular formula is C22H23N5O2. The van der Waals surface area contributed by atoms with Crippen LogP contribution in [0.1, 0.15) is 47.4 Å². The number of hydrogen-bond acceptors (Lipinski definition) is 4. The van der Waals surface area contributed by atoms with Crippen molar-refractivity contribution < 1.29 is 9.59 Å². The van der Waals surface area contributed by atoms with Gasteiger partial charge in [-0.1, -0.05) is 6.07 Å². The van der Waals surface area contributed by atoms with Crippen molar-refractivity contribution in [3.8, 4) is 5.69 Å². The number of hydrogen-bond donors (Lipinski definition) is 2. The van der Waals surface area contributed by atoms with Crippen LogP contribution in [0.5, 0.6) is 0 Å². The number of nitrogens with zero attached hydrogens (tertiary/aromatic N) is 3. The van der Waals surface area contributed by atoms with E-state index in [1.807, 2.05) is 43.5 Å². The van der Waals surface area contributed by atoms with Gasteiger partial charge in [-0.05, 0) is 56.2 Å². The van der Waals surface area contributed by atoms with Crippen LogP contribution in [0.4, 0.5) is 0 Å². The van der Waals surface area contributed by atoms with E-state index < -0.39 is 0 Å². The lowest BCUT2D eigenvalue weighted by atomic mass is 10.1. The lowest BCUT2D eigenvalue weighted by Crippen LogP contribution is -2.27. The molecular weight excluding hydrogens is 366 g/mol. The second kappa shape index (κ2) is 8.26. The fourth-order valence-electron chi connectivity index (χ4n) is 3.02. The largest absolute Gasteiger partial charge is 0.352 e. The molecule has 2 aromatic heterocycles. The first-order chi connectivity index (χ1) is 14.1. The van der Waals surface area contributed by atoms with Crippen LogP contribution in [0.3, 0.4) is 0 Å². The first-order valence-corrected chi connectivity index (χ1v) is 9.73. The number of benzene rings is 1. The first kappa shape index (κ1) is 18.9. The van der Waals surface area contributed by atoms with Crippen molar-refractivity contribution >= 4 is 11.8 Å². The van der Waals surface area contributed by atoms with Gasteiger partial charge in [0.25, 0.3) is 5.91 Å². The third kappa shape index (κ3) is 4.68. The van der Waals surface area contributed by atoms with Crippen LogP contribution in [-0.4, -0.2) is 26.6 Å². The van der Waals surface area contributed by atoms with E-state index in [9.17, 15) is 9.59 Å². The summed E-state index contributed by atoms with van der Waals surface area (Å²) in [7, 11) is 0. The van der Waals surface area contributed by atoms with Crippen molar-refractivity contribution in [1.82, 2.24) is 25.4 Å². The van der Waals surface area contributed by atoms with E-state index in [-0.39, 0.29) is 23.8 Å². The molecule has 1 fully saturated rings. The second-order valence-electron chi connectivity index (χ2n) is 7.28. The molecule has 2 amide bonds. The molecule has 0 spiro atoms. The lowest BCUT2D eigenvalue weighted by Gasteiger charge is -2.13. The Bertz CT molecular complexity index is 994. The highest BCUT2D eigenvalue weighted by Crippen LogP contribution is 2.28. The van der Waals surface area contributed by atoms with Crippen LogP contribution in [0, 0.1) is 5.92 Å². The first-order valence-electron chi connectivity index (χ1n) is 9.73. The molecule has 148 valence electrons. The van der Waals surface area contributed by atoms with E-state index in [4.69, 9.17) is 0 Å². The number of carbonyl (C=O) groups excluding carboxylic acids is 2. The molecule has 0 bridgehead atoms. The van der Waals surface area contributed by atoms with Gasteiger partial charge in [-0.25, -0.2) is 4.68 Å². The van der Waals surface area contributed by atoms with Crippen LogP contribution in [0.25, 0.3) is 5.69 Å². The Hall–Kier alpha value is -3.48. The van der Waals surface area contributed by atoms with E-state index in [2.05, 4.69) is 20.7 Å². The zero-order chi connectivity index (χ0) is 20.2. The van der Waals surface area contributed by atoms with Crippen LogP contribution < -0.4 is 10.6 Å². The monoisotopic (exact) mass is 389 g/mol. The molecule has 4 rings (SSSR count). The maximum Gasteiger partial charge on any atom is 0.251 e. The van der Waals surface area contributed by atoms with Gasteiger partial charge in [0.1, 0.15) is 0 Å². The van der Waals surface area contributed by atoms with Gasteiger partial charge in [-0.15, -0.1) is 0 Å². The maximum atomic E-state index is 12.5. The fraction of sp³-hybridized carbons (Fsp3) is 0.273. The summed E-state index contributed by atoms with van der Waals surface area (Å²) in [6.45, 7) is 2.38. The Morgan fingerprint density at radius 1 is 1.17 bits per heavy atom. The van der Waals surface area contributed by atoms with E-state index in [0.29, 0.717) is 12.1 Å². The summed E-state index contributed by atoms with van der Waals surface area (Å²) in [5.41, 5.74) is 3.17. The van der Waals surface area contributed by atoms with Gasteiger partial charge in [0.05, 0.1) is 23.6 Å². The van der Waals surface area contributed by atoms with Crippen LogP contribution >= 0.6 is 0 Å². The highest BCUT2D eigenvalue weighted by atomic mass is 16.2. The Morgan fingerprint density at radius 2 is 1.97 bits per heavy atom. The zero-order valence-electron chi connectivity index (χ0n) is 16.2. The Kier molecular flexibility index (Phi) is 5.37. The lowest BCUT2D eigenvalue weighted by molar-refractivity contribution is -0.122. The molecule has 1 aliphatic rings. The number of rotatable bonds is 7. The number of pyridine rings is 1. The smallest absolute Gasteiger partial charge is 0.251 e. The molecule has 7 nitrogen and oxygen atoms in total. The number of aromatic nitrogens is 3. The summed E-state index contributed by atoms with van der Waals surface area (Å²) in [5, 5.41) is 10.2. The number of nitrogens with one attached hydrogen (secondary N) is 2. The predicted octanol–water partition coefficient (Wildman–Crippen LogP) is 2.78. The molecule has 7 heteroatoms. The third-order valence-corrected chi connectivity index (χ3v) is 4.92. The van der Waals surface area contributed by atoms with Crippen molar-refractivity contribution in [2.24, 2.45) is 5.92 Å². The van der Waals surface area contributed by atoms with Gasteiger partial charge in [-0.2, -0.15) is 5.10 Å². The molecule has 1 atom stereocenters. The van der Waals surface area contributed by atoms with Gasteiger partial charge in [0, 0.05) is 36.0 Å². The molecule has 0 unspecified atom stereocenters. The Morgan fingerprint density at radius 3 is 2.66 bits per heavy atom. The number of carbonyl (C=O) groups is 2. The van der Waals surface area contributed by atoms with Crippen molar-refractivity contribution in [3.63, 3.8) is 0 Å². The Balaban J connectivity index is 1.36. The second-order valence-corrected chi connectivity index (χ2v) is 7.28. The average Bonchev–Trinajstić information content (AvgIpc) is 3.50. The van der Waals surface area contributed by atoms with E-state index >= 15 is 0 Å². The molecule has 0 aliphatic heterocycles. The van der Waals surface area contributed by atoms with E-state index in [1.165, 1.54) is 0 Å². The van der Waals surface area contributed by atoms with Crippen LogP contribution in [0.2, 0.25) is 0 Å². The minimum Gasteiger partial charge on any atom is -0.352 e. The highest BCUT2D eigenvalue weighted by molar-refractivity contribution is 5.94. The molecule has 2 N–H and O–H groups in total. The molecule has 0 radical (unpaired) electrons. The molecule has 0 saturated heterocycles. The van der Waals surface area contributed by atoms with Gasteiger partial charge in [0.15, 0.2) is 0 Å². The summed E-state index contributed by atoms with van der Waals surface area (Å²) in [6, 6.07) is 12.7. The molecule has 29 heavy (non-hydrogen) atoms. The highest BCUT2D eigenvalue weighted by Gasteiger charge is 2.29. The van der Waals surface area contributed by atoms with Crippen molar-refractivity contribution in [2.75, 3.05) is 0 Å². The van der Waals surface area contributed by atoms with Crippen LogP contribution in [-0.2, 0) is 11.3 Å². The summed E-state index contributed by atoms with van der Waals surface area (Å²) in [5.74, 6) is 0.163. The standard InChI is InChI=1S/C22H23N5O2/c1-15(20-4-2-3-11-23-20)26-22(29)18-7-9-19(10-8-18)27-14-16(13-25-27)12-24-21(28)17-5-6-17/h2-4,7-11,13-15,17H,5-6,12H2,1H3,(H,24,28)(H,26,29)/t15-/m1/s1. The third-order valence-electron chi connectivity index (χ3n) is 4.92. The van der Waals surface area contributed by atoms with Crippen molar-refractivity contribution in [1.29, 1.82) is 0 Å². The molecule has 1 aromatic carbocycles. The van der Waals surface area contributed by atoms with E-state index in [0.717, 1.165) is 29.8 Å². The van der Waals surface area contributed by atoms with Crippen molar-refractivity contribution in [2.45, 2.75) is 32.4 Å². The molecule has 1 aliphatic carbocycles. The summed E-state index contributed by atoms with van der Waals surface area (Å²) in [6.07, 6.45) is 7.31. The molecule has 3 aromatic rings. The van der Waals surface area contributed by atoms with Gasteiger partial charge in [-0.3, -0.25) is 14.6 Å². The van der Waals surface area contributed by atoms with Crippen LogP contribution in [0.15, 0.2) is 61.1 Å².